The van der Waals surface area contributed by atoms with Crippen LogP contribution < -0.4 is 4.74 Å². The second-order valence-corrected chi connectivity index (χ2v) is 11.2. The Morgan fingerprint density at radius 3 is 1.98 bits per heavy atom. The fourth-order valence-corrected chi connectivity index (χ4v) is 4.49. The zero-order valence-corrected chi connectivity index (χ0v) is 27.3. The van der Waals surface area contributed by atoms with Gasteiger partial charge < -0.3 is 18.7 Å². The fraction of sp³-hybridized carbons (Fsp3) is 0.176. The van der Waals surface area contributed by atoms with Crippen LogP contribution in [0.3, 0.4) is 0 Å². The van der Waals surface area contributed by atoms with Gasteiger partial charge in [-0.15, -0.1) is 10.2 Å². The predicted octanol–water partition coefficient (Wildman–Crippen LogP) is 7.75. The molecule has 1 N–H and O–H groups in total. The minimum Gasteiger partial charge on any atom is -0.470 e. The van der Waals surface area contributed by atoms with E-state index < -0.39 is 11.6 Å². The first-order valence-electron chi connectivity index (χ1n) is 14.9. The monoisotopic (exact) mass is 707 g/mol. The number of ether oxygens (including phenoxy) is 1. The number of aliphatic hydroxyl groups excluding tert-OH is 1. The summed E-state index contributed by atoms with van der Waals surface area (Å²) in [7, 11) is 0. The van der Waals surface area contributed by atoms with Crippen molar-refractivity contribution >= 4 is 47.5 Å². The second kappa shape index (κ2) is 17.8. The van der Waals surface area contributed by atoms with Gasteiger partial charge >= 0.3 is 0 Å². The summed E-state index contributed by atoms with van der Waals surface area (Å²) in [5.74, 6) is 0.220. The Morgan fingerprint density at radius 2 is 1.43 bits per heavy atom. The molecule has 15 heteroatoms. The molecule has 4 aromatic heterocycles. The lowest BCUT2D eigenvalue weighted by atomic mass is 10.2. The lowest BCUT2D eigenvalue weighted by molar-refractivity contribution is 0.276. The molecule has 2 aromatic carbocycles. The highest BCUT2D eigenvalue weighted by Gasteiger charge is 2.06. The van der Waals surface area contributed by atoms with E-state index in [0.29, 0.717) is 50.2 Å². The van der Waals surface area contributed by atoms with Crippen LogP contribution in [0.4, 0.5) is 8.78 Å². The van der Waals surface area contributed by atoms with Crippen LogP contribution in [0, 0.1) is 11.6 Å². The smallest absolute Gasteiger partial charge is 0.233 e. The topological polar surface area (TPSA) is 138 Å². The van der Waals surface area contributed by atoms with E-state index in [0.717, 1.165) is 31.5 Å². The van der Waals surface area contributed by atoms with Crippen LogP contribution in [0.5, 0.6) is 5.88 Å². The van der Waals surface area contributed by atoms with Gasteiger partial charge in [-0.2, -0.15) is 5.10 Å². The summed E-state index contributed by atoms with van der Waals surface area (Å²) >= 11 is 11.4. The summed E-state index contributed by atoms with van der Waals surface area (Å²) in [6.45, 7) is 0.823. The van der Waals surface area contributed by atoms with Crippen LogP contribution in [-0.2, 0) is 26.2 Å². The maximum atomic E-state index is 13.8. The first-order valence-corrected chi connectivity index (χ1v) is 15.7. The van der Waals surface area contributed by atoms with Gasteiger partial charge in [0.1, 0.15) is 42.2 Å². The molecule has 0 radical (unpaired) electrons. The fourth-order valence-electron chi connectivity index (χ4n) is 4.17. The van der Waals surface area contributed by atoms with E-state index in [-0.39, 0.29) is 13.2 Å². The van der Waals surface area contributed by atoms with Crippen molar-refractivity contribution in [1.82, 2.24) is 35.2 Å². The Kier molecular flexibility index (Phi) is 12.7. The molecular formula is C34H29Cl2F2N7O4. The van der Waals surface area contributed by atoms with E-state index >= 15 is 0 Å². The number of hydrogen-bond donors (Lipinski definition) is 1. The van der Waals surface area contributed by atoms with Crippen molar-refractivity contribution in [3.63, 3.8) is 0 Å². The molecule has 49 heavy (non-hydrogen) atoms. The molecule has 0 aliphatic carbocycles. The number of rotatable bonds is 13. The van der Waals surface area contributed by atoms with Crippen LogP contribution in [0.1, 0.15) is 52.8 Å². The maximum absolute atomic E-state index is 13.8. The van der Waals surface area contributed by atoms with Gasteiger partial charge in [-0.05, 0) is 61.7 Å². The molecule has 0 spiro atoms. The zero-order valence-electron chi connectivity index (χ0n) is 25.8. The summed E-state index contributed by atoms with van der Waals surface area (Å²) in [6.07, 6.45) is 15.3. The summed E-state index contributed by atoms with van der Waals surface area (Å²) in [4.78, 5) is 8.23. The van der Waals surface area contributed by atoms with Gasteiger partial charge in [-0.3, -0.25) is 4.68 Å². The van der Waals surface area contributed by atoms with Crippen LogP contribution in [0.2, 0.25) is 10.0 Å². The molecule has 0 saturated heterocycles. The number of nitrogens with zero attached hydrogens (tertiary/aromatic N) is 7. The van der Waals surface area contributed by atoms with Crippen molar-refractivity contribution in [2.24, 2.45) is 0 Å². The van der Waals surface area contributed by atoms with Crippen molar-refractivity contribution in [2.45, 2.75) is 39.0 Å². The number of aliphatic hydroxyl groups is 1. The molecule has 0 fully saturated rings. The average molecular weight is 709 g/mol. The van der Waals surface area contributed by atoms with Gasteiger partial charge in [0, 0.05) is 52.1 Å². The molecule has 0 amide bonds. The molecule has 0 bridgehead atoms. The van der Waals surface area contributed by atoms with Gasteiger partial charge in [0.25, 0.3) is 0 Å². The highest BCUT2D eigenvalue weighted by molar-refractivity contribution is 6.30. The first-order chi connectivity index (χ1) is 23.8. The minimum atomic E-state index is -0.416. The van der Waals surface area contributed by atoms with Gasteiger partial charge in [0.2, 0.25) is 17.7 Å². The quantitative estimate of drug-likeness (QED) is 0.119. The standard InChI is InChI=1S/C22H20ClFN6O2.C12H9ClFNO2/c23-17-6-4-16(20(24)13-17)5-8-21-26-19(14-31-21)15-32-22-9-7-18(27-28-22)3-1-2-11-30-12-10-25-29-30;13-9-3-1-8(11(14)5-9)2-4-12-15-10(6-16)7-17-12/h4-10,12-14H,1-3,11,15H2;1-5,7,16H,6H2. The molecule has 0 atom stereocenters. The Morgan fingerprint density at radius 1 is 0.776 bits per heavy atom. The molecule has 252 valence electrons. The molecule has 6 aromatic rings. The number of aromatic nitrogens is 7. The summed E-state index contributed by atoms with van der Waals surface area (Å²) < 4.78 is 45.0. The third-order valence-corrected chi connectivity index (χ3v) is 7.11. The number of hydrogen-bond acceptors (Lipinski definition) is 10. The lowest BCUT2D eigenvalue weighted by Gasteiger charge is -2.04. The third kappa shape index (κ3) is 11.2. The number of halogens is 4. The number of oxazole rings is 2. The van der Waals surface area contributed by atoms with E-state index in [9.17, 15) is 8.78 Å². The molecule has 0 aliphatic rings. The van der Waals surface area contributed by atoms with Crippen molar-refractivity contribution in [1.29, 1.82) is 0 Å². The van der Waals surface area contributed by atoms with E-state index in [2.05, 4.69) is 30.5 Å². The molecule has 4 heterocycles. The van der Waals surface area contributed by atoms with Crippen molar-refractivity contribution in [2.75, 3.05) is 0 Å². The van der Waals surface area contributed by atoms with Crippen LogP contribution >= 0.6 is 23.2 Å². The van der Waals surface area contributed by atoms with Crippen LogP contribution in [0.15, 0.2) is 82.3 Å². The minimum absolute atomic E-state index is 0.179. The summed E-state index contributed by atoms with van der Waals surface area (Å²) in [6, 6.07) is 12.5. The maximum Gasteiger partial charge on any atom is 0.233 e. The van der Waals surface area contributed by atoms with Crippen molar-refractivity contribution in [3.8, 4) is 5.88 Å². The molecule has 11 nitrogen and oxygen atoms in total. The lowest BCUT2D eigenvalue weighted by Crippen LogP contribution is -2.02. The predicted molar refractivity (Wildman–Crippen MR) is 179 cm³/mol. The van der Waals surface area contributed by atoms with Gasteiger partial charge in [-0.25, -0.2) is 18.7 Å². The average Bonchev–Trinajstić information content (AvgIpc) is 3.89. The first kappa shape index (κ1) is 35.1. The Hall–Kier alpha value is -5.24. The number of benzene rings is 2. The second-order valence-electron chi connectivity index (χ2n) is 10.3. The largest absolute Gasteiger partial charge is 0.470 e. The molecule has 0 unspecified atom stereocenters. The van der Waals surface area contributed by atoms with E-state index in [1.165, 1.54) is 36.8 Å². The normalized spacial score (nSPS) is 11.3. The SMILES string of the molecule is Fc1cc(Cl)ccc1C=Cc1nc(COc2ccc(CCCCn3ccnn3)nn2)co1.OCc1coc(C=Cc2ccc(Cl)cc2F)n1. The van der Waals surface area contributed by atoms with Crippen molar-refractivity contribution in [3.05, 3.63) is 135 Å². The van der Waals surface area contributed by atoms with E-state index in [1.807, 2.05) is 16.9 Å². The van der Waals surface area contributed by atoms with Gasteiger partial charge in [-0.1, -0.05) is 40.5 Å². The van der Waals surface area contributed by atoms with Gasteiger partial charge in [0.15, 0.2) is 0 Å². The summed E-state index contributed by atoms with van der Waals surface area (Å²) in [5.41, 5.74) is 2.69. The highest BCUT2D eigenvalue weighted by Crippen LogP contribution is 2.19. The number of unbranched alkanes of at least 4 members (excludes halogenated alkanes) is 1. The Labute approximate surface area is 289 Å². The van der Waals surface area contributed by atoms with Crippen molar-refractivity contribution < 1.29 is 27.5 Å². The van der Waals surface area contributed by atoms with E-state index in [1.54, 1.807) is 48.7 Å². The van der Waals surface area contributed by atoms with Crippen LogP contribution in [-0.4, -0.2) is 40.3 Å². The summed E-state index contributed by atoms with van der Waals surface area (Å²) in [5, 5.41) is 25.5. The molecule has 6 rings (SSSR count). The highest BCUT2D eigenvalue weighted by atomic mass is 35.5. The van der Waals surface area contributed by atoms with Crippen LogP contribution in [0.25, 0.3) is 24.3 Å². The Bertz CT molecular complexity index is 1980. The number of aryl methyl sites for hydroxylation is 2. The van der Waals surface area contributed by atoms with E-state index in [4.69, 9.17) is 41.9 Å². The van der Waals surface area contributed by atoms with Gasteiger partial charge in [0.05, 0.1) is 18.5 Å². The molecule has 0 aliphatic heterocycles. The zero-order chi connectivity index (χ0) is 34.4. The molecule has 0 saturated carbocycles. The third-order valence-electron chi connectivity index (χ3n) is 6.64. The Balaban J connectivity index is 0.000000232. The molecular weight excluding hydrogens is 679 g/mol.